The molecule has 0 aromatic carbocycles. The second-order valence-electron chi connectivity index (χ2n) is 3.65. The van der Waals surface area contributed by atoms with Crippen molar-refractivity contribution >= 4 is 8.58 Å². The van der Waals surface area contributed by atoms with E-state index >= 15 is 0 Å². The Morgan fingerprint density at radius 2 is 1.54 bits per heavy atom. The molecule has 0 spiro atoms. The van der Waals surface area contributed by atoms with E-state index in [0.717, 1.165) is 12.8 Å². The van der Waals surface area contributed by atoms with E-state index in [9.17, 15) is 0 Å². The third-order valence-electron chi connectivity index (χ3n) is 2.75. The van der Waals surface area contributed by atoms with Crippen LogP contribution in [0.3, 0.4) is 0 Å². The fourth-order valence-corrected chi connectivity index (χ4v) is 12.1. The minimum atomic E-state index is -2.67. The summed E-state index contributed by atoms with van der Waals surface area (Å²) < 4.78 is 5.37. The molecule has 2 rings (SSSR count). The molecular weight excluding hydrogens is 346 g/mol. The summed E-state index contributed by atoms with van der Waals surface area (Å²) in [5.41, 5.74) is 0. The Labute approximate surface area is 87.6 Å². The molecule has 68 valence electrons. The molecule has 0 heterocycles. The van der Waals surface area contributed by atoms with E-state index < -0.39 is 18.8 Å². The van der Waals surface area contributed by atoms with E-state index in [1.54, 1.807) is 0 Å². The molecule has 0 fully saturated rings. The summed E-state index contributed by atoms with van der Waals surface area (Å²) in [6.45, 7) is 0. The Balaban J connectivity index is 2.20. The molecule has 0 atom stereocenters. The van der Waals surface area contributed by atoms with Gasteiger partial charge in [0.1, 0.15) is 0 Å². The van der Waals surface area contributed by atoms with Crippen molar-refractivity contribution in [1.82, 2.24) is 0 Å². The van der Waals surface area contributed by atoms with Crippen LogP contribution < -0.4 is 0 Å². The number of allylic oxidation sites excluding steroid dienone is 8. The van der Waals surface area contributed by atoms with Gasteiger partial charge in [-0.15, -0.1) is 0 Å². The van der Waals surface area contributed by atoms with Crippen molar-refractivity contribution in [3.8, 4) is 0 Å². The molecule has 2 aliphatic carbocycles. The van der Waals surface area contributed by atoms with Crippen molar-refractivity contribution in [3.63, 3.8) is 0 Å². The summed E-state index contributed by atoms with van der Waals surface area (Å²) in [7, 11) is 6.75. The molecule has 0 saturated carbocycles. The van der Waals surface area contributed by atoms with Crippen LogP contribution in [0.5, 0.6) is 0 Å². The molecule has 0 aliphatic heterocycles. The van der Waals surface area contributed by atoms with Crippen LogP contribution in [0, 0.1) is 0 Å². The monoisotopic (exact) mass is 360 g/mol. The molecular formula is C11H13ClHf. The van der Waals surface area contributed by atoms with E-state index in [1.165, 1.54) is 6.66 Å². The van der Waals surface area contributed by atoms with Gasteiger partial charge in [-0.2, -0.15) is 0 Å². The standard InChI is InChI=1S/2C5H5.CH3.ClH.Hf/c2*1-2-4-5-3-1;;;/h2*1-3H,4H2;1H3;1H;/q;;;;+1/p-1. The number of halogens is 1. The average Bonchev–Trinajstić information content (AvgIpc) is 2.78. The van der Waals surface area contributed by atoms with Crippen LogP contribution in [0.4, 0.5) is 0 Å². The van der Waals surface area contributed by atoms with Crippen molar-refractivity contribution in [2.24, 2.45) is 0 Å². The van der Waals surface area contributed by atoms with Crippen LogP contribution in [0.1, 0.15) is 12.8 Å². The van der Waals surface area contributed by atoms with Crippen LogP contribution in [0.2, 0.25) is 4.68 Å². The zero-order chi connectivity index (χ0) is 9.31. The maximum absolute atomic E-state index is 6.75. The van der Waals surface area contributed by atoms with Crippen LogP contribution in [0.15, 0.2) is 43.1 Å². The van der Waals surface area contributed by atoms with Crippen molar-refractivity contribution in [3.05, 3.63) is 43.1 Å². The average molecular weight is 359 g/mol. The Bertz CT molecular complexity index is 300. The van der Waals surface area contributed by atoms with Gasteiger partial charge in [-0.1, -0.05) is 0 Å². The molecule has 0 saturated heterocycles. The maximum atomic E-state index is 6.75. The first kappa shape index (κ1) is 9.67. The number of rotatable bonds is 2. The third kappa shape index (κ3) is 1.82. The predicted octanol–water partition coefficient (Wildman–Crippen LogP) is 4.03. The fraction of sp³-hybridized carbons (Fsp3) is 0.273. The summed E-state index contributed by atoms with van der Waals surface area (Å²) in [5.74, 6) is 0. The quantitative estimate of drug-likeness (QED) is 0.653. The van der Waals surface area contributed by atoms with Crippen molar-refractivity contribution in [1.29, 1.82) is 0 Å². The summed E-state index contributed by atoms with van der Waals surface area (Å²) in [6.07, 6.45) is 15.3. The molecule has 0 bridgehead atoms. The zero-order valence-electron chi connectivity index (χ0n) is 7.76. The van der Waals surface area contributed by atoms with Gasteiger partial charge in [0.2, 0.25) is 0 Å². The van der Waals surface area contributed by atoms with Gasteiger partial charge in [-0.05, 0) is 0 Å². The topological polar surface area (TPSA) is 0 Å². The molecule has 0 aromatic rings. The first-order valence-electron chi connectivity index (χ1n) is 4.62. The van der Waals surface area contributed by atoms with Crippen molar-refractivity contribution in [2.75, 3.05) is 0 Å². The van der Waals surface area contributed by atoms with Gasteiger partial charge < -0.3 is 0 Å². The second kappa shape index (κ2) is 3.70. The fourth-order valence-electron chi connectivity index (χ4n) is 1.80. The number of hydrogen-bond acceptors (Lipinski definition) is 0. The SMILES string of the molecule is [CH3][Hf]([Cl])([C]1=CC=CC1)[C]1=CC=CC1. The first-order valence-corrected chi connectivity index (χ1v) is 16.3. The van der Waals surface area contributed by atoms with Crippen LogP contribution >= 0.6 is 8.58 Å². The molecule has 0 aromatic heterocycles. The van der Waals surface area contributed by atoms with Crippen molar-refractivity contribution < 1.29 is 18.8 Å². The Kier molecular flexibility index (Phi) is 2.75. The van der Waals surface area contributed by atoms with Crippen LogP contribution in [-0.2, 0) is 18.8 Å². The zero-order valence-corrected chi connectivity index (χ0v) is 12.1. The van der Waals surface area contributed by atoms with Gasteiger partial charge in [0.05, 0.1) is 0 Å². The van der Waals surface area contributed by atoms with Crippen LogP contribution in [0.25, 0.3) is 0 Å². The predicted molar refractivity (Wildman–Crippen MR) is 55.4 cm³/mol. The normalized spacial score (nSPS) is 20.8. The van der Waals surface area contributed by atoms with E-state index in [1.807, 2.05) is 0 Å². The molecule has 2 aliphatic rings. The van der Waals surface area contributed by atoms with Gasteiger partial charge in [0.25, 0.3) is 0 Å². The van der Waals surface area contributed by atoms with Gasteiger partial charge in [-0.25, -0.2) is 0 Å². The third-order valence-corrected chi connectivity index (χ3v) is 18.1. The Morgan fingerprint density at radius 3 is 1.85 bits per heavy atom. The van der Waals surface area contributed by atoms with E-state index in [2.05, 4.69) is 41.1 Å². The van der Waals surface area contributed by atoms with Gasteiger partial charge in [0, 0.05) is 0 Å². The molecule has 0 nitrogen and oxygen atoms in total. The van der Waals surface area contributed by atoms with E-state index in [0.29, 0.717) is 0 Å². The van der Waals surface area contributed by atoms with Crippen LogP contribution in [-0.4, -0.2) is 0 Å². The van der Waals surface area contributed by atoms with E-state index in [-0.39, 0.29) is 0 Å². The molecule has 0 amide bonds. The van der Waals surface area contributed by atoms with Gasteiger partial charge in [-0.3, -0.25) is 0 Å². The molecule has 0 N–H and O–H groups in total. The Morgan fingerprint density at radius 1 is 1.08 bits per heavy atom. The number of hydrogen-bond donors (Lipinski definition) is 0. The molecule has 0 radical (unpaired) electrons. The Hall–Kier alpha value is 0.120. The summed E-state index contributed by atoms with van der Waals surface area (Å²) in [5, 5.41) is 0. The summed E-state index contributed by atoms with van der Waals surface area (Å²) in [6, 6.07) is 0. The molecule has 0 unspecified atom stereocenters. The molecule has 2 heteroatoms. The summed E-state index contributed by atoms with van der Waals surface area (Å²) in [4.78, 5) is 0. The first-order chi connectivity index (χ1) is 6.21. The van der Waals surface area contributed by atoms with Gasteiger partial charge >= 0.3 is 88.0 Å². The van der Waals surface area contributed by atoms with Crippen molar-refractivity contribution in [2.45, 2.75) is 17.5 Å². The van der Waals surface area contributed by atoms with Gasteiger partial charge in [0.15, 0.2) is 0 Å². The molecule has 13 heavy (non-hydrogen) atoms. The minimum absolute atomic E-state index is 1.10. The van der Waals surface area contributed by atoms with E-state index in [4.69, 9.17) is 8.58 Å². The summed E-state index contributed by atoms with van der Waals surface area (Å²) >= 11 is -2.67. The second-order valence-corrected chi connectivity index (χ2v) is 21.7.